The summed E-state index contributed by atoms with van der Waals surface area (Å²) in [5, 5.41) is 6.68. The normalized spacial score (nSPS) is 10.4. The molecule has 0 aliphatic heterocycles. The fourth-order valence-electron chi connectivity index (χ4n) is 2.30. The zero-order valence-electron chi connectivity index (χ0n) is 13.4. The molecule has 7 heteroatoms. The average molecular weight is 323 g/mol. The number of aryl methyl sites for hydroxylation is 2. The molecular formula is C17H17N5O2. The van der Waals surface area contributed by atoms with Crippen LogP contribution in [0.4, 0.5) is 10.5 Å². The number of carbonyl (C=O) groups is 1. The third kappa shape index (κ3) is 3.52. The van der Waals surface area contributed by atoms with Crippen LogP contribution in [-0.4, -0.2) is 20.8 Å². The lowest BCUT2D eigenvalue weighted by Gasteiger charge is -2.11. The van der Waals surface area contributed by atoms with Gasteiger partial charge in [-0.05, 0) is 36.8 Å². The van der Waals surface area contributed by atoms with Crippen molar-refractivity contribution in [3.63, 3.8) is 0 Å². The van der Waals surface area contributed by atoms with Crippen LogP contribution >= 0.6 is 0 Å². The first kappa shape index (κ1) is 15.5. The molecule has 3 aromatic rings. The highest BCUT2D eigenvalue weighted by Gasteiger charge is 2.07. The second kappa shape index (κ2) is 6.41. The lowest BCUT2D eigenvalue weighted by Crippen LogP contribution is -2.19. The second-order valence-corrected chi connectivity index (χ2v) is 5.35. The minimum atomic E-state index is -0.599. The summed E-state index contributed by atoms with van der Waals surface area (Å²) in [6, 6.07) is 8.35. The largest absolute Gasteiger partial charge is 0.457 e. The molecule has 0 saturated heterocycles. The van der Waals surface area contributed by atoms with Gasteiger partial charge in [0.05, 0.1) is 11.9 Å². The Morgan fingerprint density at radius 1 is 1.29 bits per heavy atom. The molecule has 0 aliphatic carbocycles. The Morgan fingerprint density at radius 2 is 2.12 bits per heavy atom. The predicted octanol–water partition coefficient (Wildman–Crippen LogP) is 3.07. The van der Waals surface area contributed by atoms with Crippen LogP contribution in [0.3, 0.4) is 0 Å². The van der Waals surface area contributed by atoms with Gasteiger partial charge in [-0.1, -0.05) is 0 Å². The minimum Gasteiger partial charge on any atom is -0.457 e. The molecule has 0 unspecified atom stereocenters. The van der Waals surface area contributed by atoms with E-state index in [2.05, 4.69) is 15.4 Å². The highest BCUT2D eigenvalue weighted by atomic mass is 16.5. The zero-order valence-corrected chi connectivity index (χ0v) is 13.4. The predicted molar refractivity (Wildman–Crippen MR) is 90.9 cm³/mol. The van der Waals surface area contributed by atoms with E-state index in [4.69, 9.17) is 10.5 Å². The summed E-state index contributed by atoms with van der Waals surface area (Å²) in [4.78, 5) is 15.2. The van der Waals surface area contributed by atoms with Gasteiger partial charge in [0, 0.05) is 36.8 Å². The van der Waals surface area contributed by atoms with E-state index in [1.807, 2.05) is 26.2 Å². The Labute approximate surface area is 139 Å². The highest BCUT2D eigenvalue weighted by Crippen LogP contribution is 2.29. The molecule has 2 aromatic heterocycles. The lowest BCUT2D eigenvalue weighted by atomic mass is 10.2. The van der Waals surface area contributed by atoms with Crippen LogP contribution in [0, 0.1) is 6.92 Å². The SMILES string of the molecule is Cc1cc(NC(N)=O)ccc1Oc1ccnc(-c2cnn(C)c2)c1. The summed E-state index contributed by atoms with van der Waals surface area (Å²) in [6.07, 6.45) is 5.33. The molecule has 24 heavy (non-hydrogen) atoms. The molecule has 0 spiro atoms. The number of nitrogens with zero attached hydrogens (tertiary/aromatic N) is 3. The van der Waals surface area contributed by atoms with Gasteiger partial charge in [-0.2, -0.15) is 5.10 Å². The first-order valence-electron chi connectivity index (χ1n) is 7.31. The van der Waals surface area contributed by atoms with E-state index >= 15 is 0 Å². The van der Waals surface area contributed by atoms with Crippen molar-refractivity contribution in [3.05, 3.63) is 54.5 Å². The van der Waals surface area contributed by atoms with Crippen molar-refractivity contribution < 1.29 is 9.53 Å². The number of anilines is 1. The van der Waals surface area contributed by atoms with Crippen LogP contribution < -0.4 is 15.8 Å². The third-order valence-corrected chi connectivity index (χ3v) is 3.40. The zero-order chi connectivity index (χ0) is 17.1. The molecule has 1 aromatic carbocycles. The Morgan fingerprint density at radius 3 is 2.79 bits per heavy atom. The van der Waals surface area contributed by atoms with E-state index in [0.717, 1.165) is 16.8 Å². The molecular weight excluding hydrogens is 306 g/mol. The van der Waals surface area contributed by atoms with Crippen molar-refractivity contribution in [2.75, 3.05) is 5.32 Å². The van der Waals surface area contributed by atoms with Crippen molar-refractivity contribution in [1.29, 1.82) is 0 Å². The third-order valence-electron chi connectivity index (χ3n) is 3.40. The van der Waals surface area contributed by atoms with Gasteiger partial charge < -0.3 is 15.8 Å². The van der Waals surface area contributed by atoms with Gasteiger partial charge in [0.2, 0.25) is 0 Å². The molecule has 7 nitrogen and oxygen atoms in total. The standard InChI is InChI=1S/C17H17N5O2/c1-11-7-13(21-17(18)23)3-4-16(11)24-14-5-6-19-15(8-14)12-9-20-22(2)10-12/h3-10H,1-2H3,(H3,18,21,23). The van der Waals surface area contributed by atoms with Gasteiger partial charge in [0.1, 0.15) is 11.5 Å². The Kier molecular flexibility index (Phi) is 4.15. The van der Waals surface area contributed by atoms with E-state index in [1.165, 1.54) is 0 Å². The second-order valence-electron chi connectivity index (χ2n) is 5.35. The maximum absolute atomic E-state index is 10.9. The number of primary amides is 1. The molecule has 0 saturated carbocycles. The van der Waals surface area contributed by atoms with Crippen molar-refractivity contribution in [1.82, 2.24) is 14.8 Å². The number of benzene rings is 1. The van der Waals surface area contributed by atoms with E-state index < -0.39 is 6.03 Å². The minimum absolute atomic E-state index is 0.599. The van der Waals surface area contributed by atoms with Crippen LogP contribution in [0.15, 0.2) is 48.9 Å². The first-order chi connectivity index (χ1) is 11.5. The number of aromatic nitrogens is 3. The first-order valence-corrected chi connectivity index (χ1v) is 7.31. The van der Waals surface area contributed by atoms with Gasteiger partial charge in [-0.25, -0.2) is 4.79 Å². The molecule has 0 atom stereocenters. The fourth-order valence-corrected chi connectivity index (χ4v) is 2.30. The van der Waals surface area contributed by atoms with Gasteiger partial charge >= 0.3 is 6.03 Å². The molecule has 0 fully saturated rings. The molecule has 0 aliphatic rings. The Balaban J connectivity index is 1.82. The van der Waals surface area contributed by atoms with Crippen LogP contribution in [0.5, 0.6) is 11.5 Å². The van der Waals surface area contributed by atoms with Gasteiger partial charge in [0.25, 0.3) is 0 Å². The number of carbonyl (C=O) groups excluding carboxylic acids is 1. The summed E-state index contributed by atoms with van der Waals surface area (Å²) in [7, 11) is 1.86. The number of amides is 2. The summed E-state index contributed by atoms with van der Waals surface area (Å²) in [5.41, 5.74) is 8.31. The average Bonchev–Trinajstić information content (AvgIpc) is 2.96. The Hall–Kier alpha value is -3.35. The molecule has 2 heterocycles. The quantitative estimate of drug-likeness (QED) is 0.771. The van der Waals surface area contributed by atoms with Crippen molar-refractivity contribution in [2.45, 2.75) is 6.92 Å². The van der Waals surface area contributed by atoms with Crippen molar-refractivity contribution in [3.8, 4) is 22.8 Å². The molecule has 3 rings (SSSR count). The molecule has 0 bridgehead atoms. The summed E-state index contributed by atoms with van der Waals surface area (Å²) >= 11 is 0. The number of nitrogens with two attached hydrogens (primary N) is 1. The van der Waals surface area contributed by atoms with Gasteiger partial charge in [0.15, 0.2) is 0 Å². The highest BCUT2D eigenvalue weighted by molar-refractivity contribution is 5.88. The molecule has 3 N–H and O–H groups in total. The van der Waals surface area contributed by atoms with Crippen molar-refractivity contribution in [2.24, 2.45) is 12.8 Å². The van der Waals surface area contributed by atoms with Crippen LogP contribution in [0.2, 0.25) is 0 Å². The van der Waals surface area contributed by atoms with Gasteiger partial charge in [-0.15, -0.1) is 0 Å². The summed E-state index contributed by atoms with van der Waals surface area (Å²) < 4.78 is 7.65. The van der Waals surface area contributed by atoms with E-state index in [-0.39, 0.29) is 0 Å². The summed E-state index contributed by atoms with van der Waals surface area (Å²) in [6.45, 7) is 1.89. The monoisotopic (exact) mass is 323 g/mol. The van der Waals surface area contributed by atoms with Crippen LogP contribution in [0.25, 0.3) is 11.3 Å². The Bertz CT molecular complexity index is 888. The lowest BCUT2D eigenvalue weighted by molar-refractivity contribution is 0.259. The number of pyridine rings is 1. The van der Waals surface area contributed by atoms with Crippen molar-refractivity contribution >= 4 is 11.7 Å². The molecule has 2 amide bonds. The topological polar surface area (TPSA) is 95.1 Å². The number of nitrogens with one attached hydrogen (secondary N) is 1. The maximum Gasteiger partial charge on any atom is 0.316 e. The molecule has 0 radical (unpaired) electrons. The maximum atomic E-state index is 10.9. The summed E-state index contributed by atoms with van der Waals surface area (Å²) in [5.74, 6) is 1.36. The van der Waals surface area contributed by atoms with Crippen LogP contribution in [-0.2, 0) is 7.05 Å². The van der Waals surface area contributed by atoms with Crippen LogP contribution in [0.1, 0.15) is 5.56 Å². The number of rotatable bonds is 4. The number of urea groups is 1. The van der Waals surface area contributed by atoms with E-state index in [1.54, 1.807) is 41.3 Å². The fraction of sp³-hybridized carbons (Fsp3) is 0.118. The number of ether oxygens (including phenoxy) is 1. The number of hydrogen-bond acceptors (Lipinski definition) is 4. The van der Waals surface area contributed by atoms with E-state index in [0.29, 0.717) is 17.2 Å². The van der Waals surface area contributed by atoms with Gasteiger partial charge in [-0.3, -0.25) is 9.67 Å². The number of hydrogen-bond donors (Lipinski definition) is 2. The van der Waals surface area contributed by atoms with E-state index in [9.17, 15) is 4.79 Å². The molecule has 122 valence electrons. The smallest absolute Gasteiger partial charge is 0.316 e.